The van der Waals surface area contributed by atoms with Crippen molar-refractivity contribution in [3.63, 3.8) is 0 Å². The van der Waals surface area contributed by atoms with Gasteiger partial charge in [-0.05, 0) is 30.4 Å². The smallest absolute Gasteiger partial charge is 0.416 e. The van der Waals surface area contributed by atoms with Crippen LogP contribution in [0.5, 0.6) is 5.75 Å². The summed E-state index contributed by atoms with van der Waals surface area (Å²) in [6, 6.07) is 3.06. The van der Waals surface area contributed by atoms with E-state index in [2.05, 4.69) is 22.7 Å². The van der Waals surface area contributed by atoms with Crippen molar-refractivity contribution in [1.29, 1.82) is 0 Å². The van der Waals surface area contributed by atoms with E-state index < -0.39 is 11.7 Å². The van der Waals surface area contributed by atoms with E-state index in [0.29, 0.717) is 0 Å². The standard InChI is InChI=1S/C10H10F3N3OS/c1-17-8-3-2-7(10(11,12)13)4-6(8)5-15-16-9(14)18/h2-5H,1H3,(H3,14,16,18). The molecule has 0 bridgehead atoms. The van der Waals surface area contributed by atoms with E-state index in [4.69, 9.17) is 10.5 Å². The third-order valence-electron chi connectivity index (χ3n) is 1.94. The average Bonchev–Trinajstić information content (AvgIpc) is 2.27. The molecule has 0 atom stereocenters. The number of alkyl halides is 3. The molecule has 98 valence electrons. The largest absolute Gasteiger partial charge is 0.496 e. The lowest BCUT2D eigenvalue weighted by molar-refractivity contribution is -0.137. The number of thiocarbonyl (C=S) groups is 1. The fourth-order valence-corrected chi connectivity index (χ4v) is 1.23. The van der Waals surface area contributed by atoms with Crippen molar-refractivity contribution in [2.24, 2.45) is 10.8 Å². The topological polar surface area (TPSA) is 59.6 Å². The minimum Gasteiger partial charge on any atom is -0.496 e. The second-order valence-electron chi connectivity index (χ2n) is 3.19. The summed E-state index contributed by atoms with van der Waals surface area (Å²) in [5, 5.41) is 3.50. The maximum atomic E-state index is 12.5. The van der Waals surface area contributed by atoms with Crippen molar-refractivity contribution >= 4 is 23.5 Å². The highest BCUT2D eigenvalue weighted by Gasteiger charge is 2.30. The summed E-state index contributed by atoms with van der Waals surface area (Å²) in [6.45, 7) is 0. The third-order valence-corrected chi connectivity index (χ3v) is 2.03. The summed E-state index contributed by atoms with van der Waals surface area (Å²) >= 11 is 4.50. The fourth-order valence-electron chi connectivity index (χ4n) is 1.18. The molecule has 0 fully saturated rings. The van der Waals surface area contributed by atoms with Crippen LogP contribution in [0, 0.1) is 0 Å². The van der Waals surface area contributed by atoms with Gasteiger partial charge < -0.3 is 10.5 Å². The van der Waals surface area contributed by atoms with Crippen LogP contribution in [0.25, 0.3) is 0 Å². The van der Waals surface area contributed by atoms with Crippen LogP contribution in [-0.2, 0) is 6.18 Å². The van der Waals surface area contributed by atoms with E-state index >= 15 is 0 Å². The van der Waals surface area contributed by atoms with Crippen LogP contribution in [0.2, 0.25) is 0 Å². The molecule has 0 spiro atoms. The summed E-state index contributed by atoms with van der Waals surface area (Å²) in [5.41, 5.74) is 6.74. The Balaban J connectivity index is 3.07. The molecule has 8 heteroatoms. The molecule has 3 N–H and O–H groups in total. The number of halogens is 3. The van der Waals surface area contributed by atoms with Gasteiger partial charge in [-0.1, -0.05) is 0 Å². The van der Waals surface area contributed by atoms with Crippen molar-refractivity contribution < 1.29 is 17.9 Å². The minimum absolute atomic E-state index is 0.0859. The highest BCUT2D eigenvalue weighted by Crippen LogP contribution is 2.31. The van der Waals surface area contributed by atoms with Gasteiger partial charge >= 0.3 is 6.18 Å². The van der Waals surface area contributed by atoms with Crippen molar-refractivity contribution in [2.45, 2.75) is 6.18 Å². The summed E-state index contributed by atoms with van der Waals surface area (Å²) in [5.74, 6) is 0.261. The molecule has 0 aromatic heterocycles. The minimum atomic E-state index is -4.43. The Morgan fingerprint density at radius 3 is 2.67 bits per heavy atom. The first-order valence-electron chi connectivity index (χ1n) is 4.68. The van der Waals surface area contributed by atoms with Crippen LogP contribution in [-0.4, -0.2) is 18.4 Å². The predicted octanol–water partition coefficient (Wildman–Crippen LogP) is 1.88. The lowest BCUT2D eigenvalue weighted by Crippen LogP contribution is -2.24. The highest BCUT2D eigenvalue weighted by molar-refractivity contribution is 7.80. The van der Waals surface area contributed by atoms with E-state index in [1.54, 1.807) is 0 Å². The molecular weight excluding hydrogens is 267 g/mol. The van der Waals surface area contributed by atoms with E-state index in [1.165, 1.54) is 13.2 Å². The zero-order chi connectivity index (χ0) is 13.8. The number of nitrogens with two attached hydrogens (primary N) is 1. The number of methoxy groups -OCH3 is 1. The van der Waals surface area contributed by atoms with Crippen LogP contribution in [0.15, 0.2) is 23.3 Å². The maximum absolute atomic E-state index is 12.5. The van der Waals surface area contributed by atoms with Crippen LogP contribution in [0.1, 0.15) is 11.1 Å². The van der Waals surface area contributed by atoms with Crippen molar-refractivity contribution in [3.05, 3.63) is 29.3 Å². The summed E-state index contributed by atoms with van der Waals surface area (Å²) < 4.78 is 42.5. The molecule has 1 rings (SSSR count). The van der Waals surface area contributed by atoms with E-state index in [-0.39, 0.29) is 16.4 Å². The van der Waals surface area contributed by atoms with Gasteiger partial charge in [-0.15, -0.1) is 0 Å². The number of benzene rings is 1. The molecule has 1 aromatic rings. The van der Waals surface area contributed by atoms with Crippen molar-refractivity contribution in [3.8, 4) is 5.75 Å². The summed E-state index contributed by atoms with van der Waals surface area (Å²) in [4.78, 5) is 0. The molecule has 0 aliphatic carbocycles. The van der Waals surface area contributed by atoms with Gasteiger partial charge in [0.15, 0.2) is 5.11 Å². The third kappa shape index (κ3) is 3.88. The normalized spacial score (nSPS) is 11.6. The molecule has 0 saturated heterocycles. The van der Waals surface area contributed by atoms with Crippen molar-refractivity contribution in [1.82, 2.24) is 5.43 Å². The quantitative estimate of drug-likeness (QED) is 0.503. The first-order valence-corrected chi connectivity index (χ1v) is 5.09. The molecule has 0 amide bonds. The zero-order valence-corrected chi connectivity index (χ0v) is 10.1. The van der Waals surface area contributed by atoms with Gasteiger partial charge in [0.05, 0.1) is 18.9 Å². The van der Waals surface area contributed by atoms with Crippen LogP contribution in [0.4, 0.5) is 13.2 Å². The number of ether oxygens (including phenoxy) is 1. The first-order chi connectivity index (χ1) is 8.34. The second-order valence-corrected chi connectivity index (χ2v) is 3.63. The number of hydrazone groups is 1. The van der Waals surface area contributed by atoms with Gasteiger partial charge in [0.1, 0.15) is 5.75 Å². The molecule has 0 saturated carbocycles. The SMILES string of the molecule is COc1ccc(C(F)(F)F)cc1C=NNC(N)=S. The van der Waals surface area contributed by atoms with Gasteiger partial charge in [0.25, 0.3) is 0 Å². The van der Waals surface area contributed by atoms with Crippen molar-refractivity contribution in [2.75, 3.05) is 7.11 Å². The maximum Gasteiger partial charge on any atom is 0.416 e. The number of nitrogens with zero attached hydrogens (tertiary/aromatic N) is 1. The molecule has 0 radical (unpaired) electrons. The van der Waals surface area contributed by atoms with E-state index in [0.717, 1.165) is 18.3 Å². The summed E-state index contributed by atoms with van der Waals surface area (Å²) in [6.07, 6.45) is -3.28. The Morgan fingerprint density at radius 1 is 1.50 bits per heavy atom. The van der Waals surface area contributed by atoms with Gasteiger partial charge in [0.2, 0.25) is 0 Å². The van der Waals surface area contributed by atoms with Gasteiger partial charge in [-0.25, -0.2) is 0 Å². The van der Waals surface area contributed by atoms with Gasteiger partial charge in [0, 0.05) is 5.56 Å². The lowest BCUT2D eigenvalue weighted by atomic mass is 10.1. The van der Waals surface area contributed by atoms with Crippen LogP contribution in [0.3, 0.4) is 0 Å². The highest BCUT2D eigenvalue weighted by atomic mass is 32.1. The molecule has 0 aliphatic rings. The number of rotatable bonds is 3. The van der Waals surface area contributed by atoms with E-state index in [9.17, 15) is 13.2 Å². The summed E-state index contributed by atoms with van der Waals surface area (Å²) in [7, 11) is 1.35. The molecule has 0 heterocycles. The molecule has 0 aliphatic heterocycles. The fraction of sp³-hybridized carbons (Fsp3) is 0.200. The second kappa shape index (κ2) is 5.67. The molecule has 1 aromatic carbocycles. The Kier molecular flexibility index (Phi) is 4.49. The number of nitrogens with one attached hydrogen (secondary N) is 1. The van der Waals surface area contributed by atoms with Gasteiger partial charge in [-0.2, -0.15) is 18.3 Å². The first kappa shape index (κ1) is 14.2. The van der Waals surface area contributed by atoms with Crippen LogP contribution >= 0.6 is 12.2 Å². The Hall–Kier alpha value is -1.83. The molecule has 4 nitrogen and oxygen atoms in total. The Bertz CT molecular complexity index is 474. The molecule has 0 unspecified atom stereocenters. The van der Waals surface area contributed by atoms with Gasteiger partial charge in [-0.3, -0.25) is 5.43 Å². The average molecular weight is 277 g/mol. The number of hydrogen-bond acceptors (Lipinski definition) is 3. The predicted molar refractivity (Wildman–Crippen MR) is 65.5 cm³/mol. The van der Waals surface area contributed by atoms with Crippen LogP contribution < -0.4 is 15.9 Å². The van der Waals surface area contributed by atoms with E-state index in [1.807, 2.05) is 0 Å². The molecule has 18 heavy (non-hydrogen) atoms. The lowest BCUT2D eigenvalue weighted by Gasteiger charge is -2.10. The monoisotopic (exact) mass is 277 g/mol. The molecular formula is C10H10F3N3OS. The number of hydrogen-bond donors (Lipinski definition) is 2. The Labute approximate surface area is 107 Å². The zero-order valence-electron chi connectivity index (χ0n) is 9.28. The Morgan fingerprint density at radius 2 is 2.17 bits per heavy atom.